The molecule has 4 fully saturated rings. The number of hydrogen-bond acceptors (Lipinski definition) is 5. The van der Waals surface area contributed by atoms with Crippen LogP contribution in [0.5, 0.6) is 0 Å². The van der Waals surface area contributed by atoms with Crippen LogP contribution < -0.4 is 0 Å². The van der Waals surface area contributed by atoms with E-state index >= 15 is 0 Å². The fourth-order valence-electron chi connectivity index (χ4n) is 6.88. The van der Waals surface area contributed by atoms with Gasteiger partial charge in [-0.3, -0.25) is 24.1 Å². The Balaban J connectivity index is 1.04. The summed E-state index contributed by atoms with van der Waals surface area (Å²) in [5.41, 5.74) is 0.449. The minimum Gasteiger partial charge on any atom is -0.457 e. The molecule has 3 saturated carbocycles. The molecule has 0 unspecified atom stereocenters. The highest BCUT2D eigenvalue weighted by atomic mass is 35.5. The number of carbonyl (C=O) groups excluding carboxylic acids is 4. The van der Waals surface area contributed by atoms with E-state index < -0.39 is 0 Å². The first kappa shape index (κ1) is 21.1. The van der Waals surface area contributed by atoms with Crippen LogP contribution in [-0.2, 0) is 19.1 Å². The zero-order chi connectivity index (χ0) is 22.9. The van der Waals surface area contributed by atoms with Crippen LogP contribution in [0.1, 0.15) is 42.5 Å². The quantitative estimate of drug-likeness (QED) is 0.285. The van der Waals surface area contributed by atoms with E-state index in [0.717, 1.165) is 6.42 Å². The van der Waals surface area contributed by atoms with E-state index in [2.05, 4.69) is 12.2 Å². The van der Waals surface area contributed by atoms with Gasteiger partial charge in [-0.2, -0.15) is 0 Å². The molecule has 1 heterocycles. The van der Waals surface area contributed by atoms with Crippen molar-refractivity contribution in [3.05, 3.63) is 47.0 Å². The third-order valence-electron chi connectivity index (χ3n) is 8.60. The third kappa shape index (κ3) is 3.37. The van der Waals surface area contributed by atoms with Gasteiger partial charge in [0.15, 0.2) is 12.4 Å². The summed E-state index contributed by atoms with van der Waals surface area (Å²) in [5.74, 6) is 0.376. The molecule has 6 atom stereocenters. The van der Waals surface area contributed by atoms with Crippen molar-refractivity contribution in [2.24, 2.45) is 41.4 Å². The lowest BCUT2D eigenvalue weighted by Crippen LogP contribution is -2.44. The van der Waals surface area contributed by atoms with Gasteiger partial charge in [0.25, 0.3) is 0 Å². The van der Waals surface area contributed by atoms with Gasteiger partial charge in [0.05, 0.1) is 17.8 Å². The zero-order valence-electron chi connectivity index (χ0n) is 18.2. The van der Waals surface area contributed by atoms with Gasteiger partial charge in [-0.05, 0) is 80.0 Å². The van der Waals surface area contributed by atoms with Crippen LogP contribution in [0.3, 0.4) is 0 Å². The second-order valence-electron chi connectivity index (χ2n) is 10.2. The highest BCUT2D eigenvalue weighted by Crippen LogP contribution is 2.65. The van der Waals surface area contributed by atoms with E-state index in [-0.39, 0.29) is 65.8 Å². The first-order valence-corrected chi connectivity index (χ1v) is 12.3. The summed E-state index contributed by atoms with van der Waals surface area (Å²) in [6.45, 7) is -0.301. The fraction of sp³-hybridized carbons (Fsp3) is 0.538. The molecule has 6 nitrogen and oxygen atoms in total. The van der Waals surface area contributed by atoms with E-state index in [1.807, 2.05) is 0 Å². The van der Waals surface area contributed by atoms with Crippen molar-refractivity contribution in [3.63, 3.8) is 0 Å². The van der Waals surface area contributed by atoms with E-state index in [4.69, 9.17) is 16.3 Å². The van der Waals surface area contributed by atoms with Crippen molar-refractivity contribution in [3.8, 4) is 0 Å². The second kappa shape index (κ2) is 7.79. The maximum atomic E-state index is 13.3. The van der Waals surface area contributed by atoms with E-state index in [9.17, 15) is 19.2 Å². The summed E-state index contributed by atoms with van der Waals surface area (Å²) >= 11 is 5.84. The molecule has 7 rings (SSSR count). The molecule has 1 saturated heterocycles. The molecule has 2 amide bonds. The van der Waals surface area contributed by atoms with Crippen molar-refractivity contribution in [1.82, 2.24) is 4.90 Å². The van der Waals surface area contributed by atoms with Crippen LogP contribution in [0.2, 0.25) is 5.02 Å². The highest BCUT2D eigenvalue weighted by Gasteiger charge is 2.67. The van der Waals surface area contributed by atoms with Crippen LogP contribution in [0.15, 0.2) is 36.4 Å². The van der Waals surface area contributed by atoms with Gasteiger partial charge in [-0.1, -0.05) is 23.8 Å². The van der Waals surface area contributed by atoms with Crippen LogP contribution in [0.4, 0.5) is 0 Å². The van der Waals surface area contributed by atoms with E-state index in [0.29, 0.717) is 48.1 Å². The van der Waals surface area contributed by atoms with E-state index in [1.54, 1.807) is 29.2 Å². The van der Waals surface area contributed by atoms with Crippen molar-refractivity contribution >= 4 is 35.2 Å². The smallest absolute Gasteiger partial charge is 0.309 e. The average molecular weight is 468 g/mol. The lowest BCUT2D eigenvalue weighted by Gasteiger charge is -2.37. The van der Waals surface area contributed by atoms with E-state index in [1.165, 1.54) is 0 Å². The van der Waals surface area contributed by atoms with Gasteiger partial charge >= 0.3 is 5.97 Å². The Bertz CT molecular complexity index is 1020. The fourth-order valence-corrected chi connectivity index (χ4v) is 7.01. The summed E-state index contributed by atoms with van der Waals surface area (Å²) in [5, 5.41) is 0.537. The molecule has 5 aliphatic carbocycles. The molecule has 172 valence electrons. The van der Waals surface area contributed by atoms with Crippen molar-refractivity contribution in [2.75, 3.05) is 6.61 Å². The summed E-state index contributed by atoms with van der Waals surface area (Å²) < 4.78 is 5.28. The zero-order valence-corrected chi connectivity index (χ0v) is 18.9. The lowest BCUT2D eigenvalue weighted by atomic mass is 9.63. The van der Waals surface area contributed by atoms with Crippen molar-refractivity contribution in [2.45, 2.75) is 38.1 Å². The Morgan fingerprint density at radius 1 is 0.909 bits per heavy atom. The van der Waals surface area contributed by atoms with Crippen LogP contribution in [-0.4, -0.2) is 41.1 Å². The molecule has 2 bridgehead atoms. The predicted molar refractivity (Wildman–Crippen MR) is 119 cm³/mol. The molecule has 6 aliphatic rings. The lowest BCUT2D eigenvalue weighted by molar-refractivity contribution is -0.149. The standard InChI is InChI=1S/C26H26ClNO5/c27-15-5-1-13(2-6-15)21(29)12-33-26(32)14-3-7-16(8-4-14)28-24(30)22-17-9-10-18(20-11-19(17)20)23(22)25(28)31/h1-2,5-6,9-10,14,16-20,22-23H,3-4,7-8,11-12H2/t14?,16?,17-,18-,19-,20+,22-,23+/m0/s1. The molecule has 33 heavy (non-hydrogen) atoms. The molecule has 1 aliphatic heterocycles. The number of allylic oxidation sites excluding steroid dienone is 2. The van der Waals surface area contributed by atoms with Crippen LogP contribution in [0.25, 0.3) is 0 Å². The molecular formula is C26H26ClNO5. The number of ether oxygens (including phenoxy) is 1. The number of benzene rings is 1. The third-order valence-corrected chi connectivity index (χ3v) is 8.86. The first-order valence-electron chi connectivity index (χ1n) is 11.9. The summed E-state index contributed by atoms with van der Waals surface area (Å²) in [4.78, 5) is 52.9. The van der Waals surface area contributed by atoms with Gasteiger partial charge in [-0.25, -0.2) is 0 Å². The summed E-state index contributed by atoms with van der Waals surface area (Å²) in [7, 11) is 0. The SMILES string of the molecule is O=C(COC(=O)C1CCC(N2C(=O)[C@@H]3[C@H]4C=C[C@@H]([C@@H]5C[C@H]45)[C@@H]3C2=O)CC1)c1ccc(Cl)cc1. The van der Waals surface area contributed by atoms with Gasteiger partial charge in [-0.15, -0.1) is 0 Å². The minimum absolute atomic E-state index is 0.00860. The largest absolute Gasteiger partial charge is 0.457 e. The topological polar surface area (TPSA) is 80.8 Å². The molecule has 0 radical (unpaired) electrons. The molecule has 0 aromatic heterocycles. The van der Waals surface area contributed by atoms with Crippen LogP contribution >= 0.6 is 11.6 Å². The Hall–Kier alpha value is -2.47. The maximum absolute atomic E-state index is 13.3. The summed E-state index contributed by atoms with van der Waals surface area (Å²) in [6, 6.07) is 6.33. The molecule has 0 N–H and O–H groups in total. The average Bonchev–Trinajstić information content (AvgIpc) is 3.61. The number of nitrogens with zero attached hydrogens (tertiary/aromatic N) is 1. The number of halogens is 1. The number of esters is 1. The molecule has 1 aromatic carbocycles. The first-order chi connectivity index (χ1) is 15.9. The Morgan fingerprint density at radius 3 is 2.06 bits per heavy atom. The maximum Gasteiger partial charge on any atom is 0.309 e. The predicted octanol–water partition coefficient (Wildman–Crippen LogP) is 3.68. The van der Waals surface area contributed by atoms with Crippen molar-refractivity contribution in [1.29, 1.82) is 0 Å². The number of ketones is 1. The minimum atomic E-state index is -0.383. The Labute approximate surface area is 197 Å². The van der Waals surface area contributed by atoms with Crippen molar-refractivity contribution < 1.29 is 23.9 Å². The van der Waals surface area contributed by atoms with Crippen LogP contribution in [0, 0.1) is 41.4 Å². The highest BCUT2D eigenvalue weighted by molar-refractivity contribution is 6.30. The monoisotopic (exact) mass is 467 g/mol. The number of hydrogen-bond donors (Lipinski definition) is 0. The molecule has 0 spiro atoms. The van der Waals surface area contributed by atoms with Gasteiger partial charge in [0.1, 0.15) is 0 Å². The second-order valence-corrected chi connectivity index (χ2v) is 10.7. The number of amides is 2. The molecule has 7 heteroatoms. The normalized spacial score (nSPS) is 38.2. The Morgan fingerprint density at radius 2 is 1.48 bits per heavy atom. The number of carbonyl (C=O) groups is 4. The molecular weight excluding hydrogens is 442 g/mol. The number of imide groups is 1. The number of rotatable bonds is 5. The van der Waals surface area contributed by atoms with Gasteiger partial charge in [0.2, 0.25) is 11.8 Å². The van der Waals surface area contributed by atoms with Gasteiger partial charge in [0, 0.05) is 16.6 Å². The summed E-state index contributed by atoms with van der Waals surface area (Å²) in [6.07, 6.45) is 7.86. The van der Waals surface area contributed by atoms with Gasteiger partial charge < -0.3 is 4.74 Å². The Kier molecular flexibility index (Phi) is 4.98. The molecule has 1 aromatic rings. The number of Topliss-reactive ketones (excluding diaryl/α,β-unsaturated/α-hetero) is 1. The number of likely N-dealkylation sites (tertiary alicyclic amines) is 1.